The number of aryl methyl sites for hydroxylation is 1. The molecule has 3 heterocycles. The number of fused-ring (bicyclic) bond motifs is 1. The molecule has 0 radical (unpaired) electrons. The van der Waals surface area contributed by atoms with Crippen molar-refractivity contribution in [3.63, 3.8) is 0 Å². The Balaban J connectivity index is 1.79. The van der Waals surface area contributed by atoms with E-state index in [0.717, 1.165) is 16.8 Å². The average Bonchev–Trinajstić information content (AvgIpc) is 3.44. The number of carbonyl (C=O) groups excluding carboxylic acids is 1. The lowest BCUT2D eigenvalue weighted by Crippen LogP contribution is -2.31. The number of carbonyl (C=O) groups is 1. The quantitative estimate of drug-likeness (QED) is 0.350. The van der Waals surface area contributed by atoms with Gasteiger partial charge in [-0.3, -0.25) is 9.69 Å². The predicted octanol–water partition coefficient (Wildman–Crippen LogP) is 5.55. The number of halogens is 1. The van der Waals surface area contributed by atoms with E-state index in [2.05, 4.69) is 21.4 Å². The van der Waals surface area contributed by atoms with Crippen LogP contribution in [-0.2, 0) is 0 Å². The van der Waals surface area contributed by atoms with Crippen LogP contribution in [0.3, 0.4) is 0 Å². The molecule has 2 aromatic carbocycles. The zero-order chi connectivity index (χ0) is 27.1. The van der Waals surface area contributed by atoms with Gasteiger partial charge in [0, 0.05) is 30.0 Å². The molecule has 1 aliphatic rings. The van der Waals surface area contributed by atoms with E-state index in [0.29, 0.717) is 45.2 Å². The zero-order valence-corrected chi connectivity index (χ0v) is 22.4. The lowest BCUT2D eigenvalue weighted by Gasteiger charge is -2.29. The van der Waals surface area contributed by atoms with Gasteiger partial charge in [-0.25, -0.2) is 9.97 Å². The number of nitrogens with zero attached hydrogens (tertiary/aromatic N) is 6. The summed E-state index contributed by atoms with van der Waals surface area (Å²) in [6.45, 7) is 6.02. The Hall–Kier alpha value is -4.42. The summed E-state index contributed by atoms with van der Waals surface area (Å²) in [7, 11) is 3.27. The third-order valence-corrected chi connectivity index (χ3v) is 6.84. The standard InChI is InChI=1S/C28H26ClN7O2/c1-15(2)35-24-22(33-25(35)20-14-32-28(31-4)34-26(20)38-5)27(37)36(21-12-19(29)11-6-16(21)3)23(24)18-9-7-17(13-30)8-10-18/h6-12,14-15,23H,1-5H3,(H,31,32,34). The number of aromatic nitrogens is 4. The van der Waals surface area contributed by atoms with Crippen molar-refractivity contribution in [1.29, 1.82) is 5.26 Å². The highest BCUT2D eigenvalue weighted by molar-refractivity contribution is 6.31. The molecule has 10 heteroatoms. The van der Waals surface area contributed by atoms with Gasteiger partial charge in [0.2, 0.25) is 11.8 Å². The fourth-order valence-corrected chi connectivity index (χ4v) is 5.03. The van der Waals surface area contributed by atoms with Crippen LogP contribution in [0.1, 0.15) is 58.8 Å². The Morgan fingerprint density at radius 3 is 2.53 bits per heavy atom. The minimum Gasteiger partial charge on any atom is -0.480 e. The number of methoxy groups -OCH3 is 1. The molecule has 0 aliphatic carbocycles. The first-order valence-corrected chi connectivity index (χ1v) is 12.5. The van der Waals surface area contributed by atoms with Gasteiger partial charge < -0.3 is 14.6 Å². The molecular weight excluding hydrogens is 502 g/mol. The summed E-state index contributed by atoms with van der Waals surface area (Å²) in [4.78, 5) is 29.5. The van der Waals surface area contributed by atoms with Crippen LogP contribution in [-0.4, -0.2) is 39.6 Å². The minimum absolute atomic E-state index is 0.0657. The second-order valence-electron chi connectivity index (χ2n) is 9.24. The number of rotatable bonds is 6. The number of hydrogen-bond acceptors (Lipinski definition) is 7. The topological polar surface area (TPSA) is 109 Å². The van der Waals surface area contributed by atoms with E-state index in [1.807, 2.05) is 43.5 Å². The Bertz CT molecular complexity index is 1590. The van der Waals surface area contributed by atoms with Crippen LogP contribution in [0, 0.1) is 18.3 Å². The van der Waals surface area contributed by atoms with E-state index in [9.17, 15) is 10.1 Å². The van der Waals surface area contributed by atoms with Crippen LogP contribution in [0.4, 0.5) is 11.6 Å². The number of imidazole rings is 1. The molecule has 38 heavy (non-hydrogen) atoms. The van der Waals surface area contributed by atoms with Crippen LogP contribution in [0.2, 0.25) is 5.02 Å². The van der Waals surface area contributed by atoms with Crippen molar-refractivity contribution in [1.82, 2.24) is 19.5 Å². The molecule has 0 spiro atoms. The van der Waals surface area contributed by atoms with E-state index in [1.54, 1.807) is 42.4 Å². The molecule has 0 saturated heterocycles. The summed E-state index contributed by atoms with van der Waals surface area (Å²) >= 11 is 6.38. The van der Waals surface area contributed by atoms with Crippen LogP contribution in [0.15, 0.2) is 48.7 Å². The molecule has 192 valence electrons. The van der Waals surface area contributed by atoms with Gasteiger partial charge in [-0.15, -0.1) is 0 Å². The SMILES string of the molecule is CNc1ncc(-c2nc3c(n2C(C)C)C(c2ccc(C#N)cc2)N(c2cc(Cl)ccc2C)C3=O)c(OC)n1. The van der Waals surface area contributed by atoms with Gasteiger partial charge in [-0.1, -0.05) is 29.8 Å². The van der Waals surface area contributed by atoms with Gasteiger partial charge in [0.25, 0.3) is 5.91 Å². The fourth-order valence-electron chi connectivity index (χ4n) is 4.86. The molecular formula is C28H26ClN7O2. The van der Waals surface area contributed by atoms with Crippen molar-refractivity contribution in [3.8, 4) is 23.3 Å². The summed E-state index contributed by atoms with van der Waals surface area (Å²) < 4.78 is 7.61. The molecule has 5 rings (SSSR count). The molecule has 4 aromatic rings. The van der Waals surface area contributed by atoms with Crippen molar-refractivity contribution >= 4 is 29.1 Å². The Kier molecular flexibility index (Phi) is 6.51. The number of nitrogens with one attached hydrogen (secondary N) is 1. The molecule has 1 aliphatic heterocycles. The molecule has 1 amide bonds. The summed E-state index contributed by atoms with van der Waals surface area (Å²) in [5.74, 6) is 1.06. The maximum atomic E-state index is 14.1. The van der Waals surface area contributed by atoms with Crippen molar-refractivity contribution in [3.05, 3.63) is 81.8 Å². The first kappa shape index (κ1) is 25.2. The first-order valence-electron chi connectivity index (χ1n) is 12.1. The maximum absolute atomic E-state index is 14.1. The van der Waals surface area contributed by atoms with Gasteiger partial charge in [-0.05, 0) is 56.2 Å². The van der Waals surface area contributed by atoms with E-state index in [-0.39, 0.29) is 11.9 Å². The van der Waals surface area contributed by atoms with Crippen molar-refractivity contribution in [2.45, 2.75) is 32.9 Å². The zero-order valence-electron chi connectivity index (χ0n) is 21.7. The van der Waals surface area contributed by atoms with Gasteiger partial charge in [0.15, 0.2) is 5.69 Å². The summed E-state index contributed by atoms with van der Waals surface area (Å²) in [5.41, 5.74) is 4.63. The van der Waals surface area contributed by atoms with Crippen molar-refractivity contribution in [2.75, 3.05) is 24.4 Å². The third kappa shape index (κ3) is 4.03. The number of ether oxygens (including phenoxy) is 1. The molecule has 1 atom stereocenters. The fraction of sp³-hybridized carbons (Fsp3) is 0.250. The van der Waals surface area contributed by atoms with Crippen molar-refractivity contribution < 1.29 is 9.53 Å². The first-order chi connectivity index (χ1) is 18.3. The van der Waals surface area contributed by atoms with Crippen LogP contribution >= 0.6 is 11.6 Å². The predicted molar refractivity (Wildman–Crippen MR) is 146 cm³/mol. The Morgan fingerprint density at radius 1 is 1.16 bits per heavy atom. The minimum atomic E-state index is -0.505. The monoisotopic (exact) mass is 527 g/mol. The highest BCUT2D eigenvalue weighted by Crippen LogP contribution is 2.46. The molecule has 0 fully saturated rings. The largest absolute Gasteiger partial charge is 0.480 e. The number of hydrogen-bond donors (Lipinski definition) is 1. The molecule has 9 nitrogen and oxygen atoms in total. The van der Waals surface area contributed by atoms with Crippen LogP contribution < -0.4 is 15.0 Å². The van der Waals surface area contributed by atoms with E-state index in [4.69, 9.17) is 21.3 Å². The summed E-state index contributed by atoms with van der Waals surface area (Å²) in [6, 6.07) is 14.3. The normalized spacial score (nSPS) is 14.5. The second-order valence-corrected chi connectivity index (χ2v) is 9.68. The van der Waals surface area contributed by atoms with Gasteiger partial charge >= 0.3 is 0 Å². The molecule has 0 saturated carbocycles. The maximum Gasteiger partial charge on any atom is 0.279 e. The second kappa shape index (κ2) is 9.80. The van der Waals surface area contributed by atoms with Gasteiger partial charge in [-0.2, -0.15) is 10.2 Å². The summed E-state index contributed by atoms with van der Waals surface area (Å²) in [6.07, 6.45) is 1.65. The lowest BCUT2D eigenvalue weighted by atomic mass is 10.0. The average molecular weight is 528 g/mol. The number of anilines is 2. The van der Waals surface area contributed by atoms with Gasteiger partial charge in [0.1, 0.15) is 11.9 Å². The third-order valence-electron chi connectivity index (χ3n) is 6.60. The number of nitriles is 1. The Labute approximate surface area is 225 Å². The summed E-state index contributed by atoms with van der Waals surface area (Å²) in [5, 5.41) is 12.8. The highest BCUT2D eigenvalue weighted by atomic mass is 35.5. The smallest absolute Gasteiger partial charge is 0.279 e. The van der Waals surface area contributed by atoms with Crippen LogP contribution in [0.25, 0.3) is 11.4 Å². The van der Waals surface area contributed by atoms with Crippen LogP contribution in [0.5, 0.6) is 5.88 Å². The lowest BCUT2D eigenvalue weighted by molar-refractivity contribution is 0.0989. The van der Waals surface area contributed by atoms with E-state index in [1.165, 1.54) is 7.11 Å². The molecule has 2 aromatic heterocycles. The number of amides is 1. The van der Waals surface area contributed by atoms with Gasteiger partial charge in [0.05, 0.1) is 30.0 Å². The Morgan fingerprint density at radius 2 is 1.89 bits per heavy atom. The molecule has 0 bridgehead atoms. The molecule has 1 N–H and O–H groups in total. The highest BCUT2D eigenvalue weighted by Gasteiger charge is 2.45. The molecule has 1 unspecified atom stereocenters. The van der Waals surface area contributed by atoms with Crippen molar-refractivity contribution in [2.24, 2.45) is 0 Å². The number of benzene rings is 2. The van der Waals surface area contributed by atoms with E-state index >= 15 is 0 Å². The van der Waals surface area contributed by atoms with E-state index < -0.39 is 6.04 Å².